The van der Waals surface area contributed by atoms with Crippen molar-refractivity contribution < 1.29 is 4.42 Å². The molecule has 0 radical (unpaired) electrons. The van der Waals surface area contributed by atoms with Crippen LogP contribution in [0.4, 0.5) is 0 Å². The van der Waals surface area contributed by atoms with E-state index in [-0.39, 0.29) is 5.54 Å². The molecule has 0 bridgehead atoms. The molecule has 1 saturated heterocycles. The van der Waals surface area contributed by atoms with Gasteiger partial charge in [-0.05, 0) is 33.0 Å². The van der Waals surface area contributed by atoms with E-state index in [0.717, 1.165) is 25.4 Å². The van der Waals surface area contributed by atoms with Crippen molar-refractivity contribution in [3.8, 4) is 0 Å². The molecule has 1 aromatic rings. The highest BCUT2D eigenvalue weighted by atomic mass is 16.3. The lowest BCUT2D eigenvalue weighted by Gasteiger charge is -2.49. The van der Waals surface area contributed by atoms with Crippen LogP contribution < -0.4 is 5.73 Å². The molecule has 1 fully saturated rings. The van der Waals surface area contributed by atoms with Gasteiger partial charge in [-0.2, -0.15) is 0 Å². The van der Waals surface area contributed by atoms with Gasteiger partial charge in [0.1, 0.15) is 5.76 Å². The number of nitrogens with two attached hydrogens (primary N) is 1. The molecule has 2 rings (SSSR count). The van der Waals surface area contributed by atoms with E-state index in [4.69, 9.17) is 10.2 Å². The van der Waals surface area contributed by atoms with E-state index < -0.39 is 0 Å². The highest BCUT2D eigenvalue weighted by molar-refractivity contribution is 5.01. The molecule has 4 nitrogen and oxygen atoms in total. The Morgan fingerprint density at radius 2 is 2.29 bits per heavy atom. The summed E-state index contributed by atoms with van der Waals surface area (Å²) in [6.45, 7) is 8.17. The molecule has 96 valence electrons. The van der Waals surface area contributed by atoms with E-state index in [1.807, 2.05) is 12.1 Å². The zero-order valence-corrected chi connectivity index (χ0v) is 11.0. The van der Waals surface area contributed by atoms with E-state index in [9.17, 15) is 0 Å². The third-order valence-corrected chi connectivity index (χ3v) is 3.81. The summed E-state index contributed by atoms with van der Waals surface area (Å²) in [4.78, 5) is 4.82. The average Bonchev–Trinajstić information content (AvgIpc) is 2.75. The Morgan fingerprint density at radius 3 is 2.88 bits per heavy atom. The quantitative estimate of drug-likeness (QED) is 0.856. The molecule has 0 saturated carbocycles. The maximum Gasteiger partial charge on any atom is 0.117 e. The minimum absolute atomic E-state index is 0.162. The number of likely N-dealkylation sites (N-methyl/N-ethyl adjacent to an activating group) is 1. The predicted molar refractivity (Wildman–Crippen MR) is 68.7 cm³/mol. The van der Waals surface area contributed by atoms with Gasteiger partial charge in [0.25, 0.3) is 0 Å². The van der Waals surface area contributed by atoms with Crippen LogP contribution in [0.5, 0.6) is 0 Å². The van der Waals surface area contributed by atoms with Crippen LogP contribution in [-0.4, -0.2) is 48.1 Å². The van der Waals surface area contributed by atoms with Gasteiger partial charge in [0.15, 0.2) is 0 Å². The molecule has 0 aromatic carbocycles. The Balaban J connectivity index is 2.05. The van der Waals surface area contributed by atoms with Crippen LogP contribution >= 0.6 is 0 Å². The van der Waals surface area contributed by atoms with Crippen molar-refractivity contribution in [1.82, 2.24) is 9.80 Å². The van der Waals surface area contributed by atoms with Crippen LogP contribution in [0.3, 0.4) is 0 Å². The van der Waals surface area contributed by atoms with E-state index in [2.05, 4.69) is 30.7 Å². The van der Waals surface area contributed by atoms with Gasteiger partial charge < -0.3 is 10.2 Å². The molecular formula is C13H23N3O. The smallest absolute Gasteiger partial charge is 0.117 e. The lowest BCUT2D eigenvalue weighted by Crippen LogP contribution is -2.63. The number of rotatable bonds is 3. The molecule has 0 spiro atoms. The van der Waals surface area contributed by atoms with Gasteiger partial charge >= 0.3 is 0 Å². The Labute approximate surface area is 103 Å². The van der Waals surface area contributed by atoms with Gasteiger partial charge in [-0.15, -0.1) is 0 Å². The van der Waals surface area contributed by atoms with Crippen LogP contribution in [-0.2, 0) is 6.54 Å². The maximum absolute atomic E-state index is 5.86. The molecule has 0 amide bonds. The second-order valence-corrected chi connectivity index (χ2v) is 5.56. The number of hydrogen-bond acceptors (Lipinski definition) is 4. The highest BCUT2D eigenvalue weighted by Gasteiger charge is 2.36. The summed E-state index contributed by atoms with van der Waals surface area (Å²) in [6.07, 6.45) is 1.73. The molecule has 1 unspecified atom stereocenters. The molecule has 1 aromatic heterocycles. The number of hydrogen-bond donors (Lipinski definition) is 1. The van der Waals surface area contributed by atoms with Gasteiger partial charge in [0, 0.05) is 31.2 Å². The van der Waals surface area contributed by atoms with Crippen molar-refractivity contribution in [3.63, 3.8) is 0 Å². The SMILES string of the molecule is CN1C(CN)CN(Cc2ccco2)CC1(C)C. The molecule has 4 heteroatoms. The number of furan rings is 1. The van der Waals surface area contributed by atoms with Crippen LogP contribution in [0.15, 0.2) is 22.8 Å². The van der Waals surface area contributed by atoms with Crippen LogP contribution in [0.1, 0.15) is 19.6 Å². The molecule has 0 aliphatic carbocycles. The monoisotopic (exact) mass is 237 g/mol. The zero-order chi connectivity index (χ0) is 12.5. The first-order valence-corrected chi connectivity index (χ1v) is 6.20. The van der Waals surface area contributed by atoms with Gasteiger partial charge in [0.05, 0.1) is 12.8 Å². The van der Waals surface area contributed by atoms with Gasteiger partial charge in [0.2, 0.25) is 0 Å². The fourth-order valence-corrected chi connectivity index (χ4v) is 2.61. The van der Waals surface area contributed by atoms with Gasteiger partial charge in [-0.1, -0.05) is 0 Å². The maximum atomic E-state index is 5.86. The van der Waals surface area contributed by atoms with Gasteiger partial charge in [-0.3, -0.25) is 9.80 Å². The Morgan fingerprint density at radius 1 is 1.53 bits per heavy atom. The first kappa shape index (κ1) is 12.6. The number of piperazine rings is 1. The van der Waals surface area contributed by atoms with Gasteiger partial charge in [-0.25, -0.2) is 0 Å². The number of nitrogens with zero attached hydrogens (tertiary/aromatic N) is 2. The van der Waals surface area contributed by atoms with E-state index in [0.29, 0.717) is 12.6 Å². The molecule has 1 aliphatic heterocycles. The zero-order valence-electron chi connectivity index (χ0n) is 11.0. The predicted octanol–water partition coefficient (Wildman–Crippen LogP) is 1.13. The molecule has 2 N–H and O–H groups in total. The van der Waals surface area contributed by atoms with Crippen molar-refractivity contribution in [2.24, 2.45) is 5.73 Å². The molecular weight excluding hydrogens is 214 g/mol. The Bertz CT molecular complexity index is 348. The summed E-state index contributed by atoms with van der Waals surface area (Å²) in [5.41, 5.74) is 6.02. The Kier molecular flexibility index (Phi) is 3.56. The topological polar surface area (TPSA) is 45.6 Å². The van der Waals surface area contributed by atoms with Crippen molar-refractivity contribution in [2.45, 2.75) is 32.0 Å². The largest absolute Gasteiger partial charge is 0.468 e. The molecule has 1 aliphatic rings. The fraction of sp³-hybridized carbons (Fsp3) is 0.692. The van der Waals surface area contributed by atoms with Crippen molar-refractivity contribution in [3.05, 3.63) is 24.2 Å². The highest BCUT2D eigenvalue weighted by Crippen LogP contribution is 2.24. The molecule has 1 atom stereocenters. The summed E-state index contributed by atoms with van der Waals surface area (Å²) in [5.74, 6) is 1.03. The lowest BCUT2D eigenvalue weighted by atomic mass is 9.95. The van der Waals surface area contributed by atoms with Crippen LogP contribution in [0, 0.1) is 0 Å². The Hall–Kier alpha value is -0.840. The first-order chi connectivity index (χ1) is 8.03. The first-order valence-electron chi connectivity index (χ1n) is 6.20. The second-order valence-electron chi connectivity index (χ2n) is 5.56. The lowest BCUT2D eigenvalue weighted by molar-refractivity contribution is -0.00863. The summed E-state index contributed by atoms with van der Waals surface area (Å²) in [5, 5.41) is 0. The minimum Gasteiger partial charge on any atom is -0.468 e. The van der Waals surface area contributed by atoms with Crippen molar-refractivity contribution in [1.29, 1.82) is 0 Å². The standard InChI is InChI=1S/C13H23N3O/c1-13(2)10-16(8-11(7-14)15(13)3)9-12-5-4-6-17-12/h4-6,11H,7-10,14H2,1-3H3. The molecule has 2 heterocycles. The minimum atomic E-state index is 0.162. The summed E-state index contributed by atoms with van der Waals surface area (Å²) in [6, 6.07) is 4.40. The van der Waals surface area contributed by atoms with Crippen LogP contribution in [0.2, 0.25) is 0 Å². The van der Waals surface area contributed by atoms with Crippen LogP contribution in [0.25, 0.3) is 0 Å². The van der Waals surface area contributed by atoms with E-state index in [1.54, 1.807) is 6.26 Å². The summed E-state index contributed by atoms with van der Waals surface area (Å²) < 4.78 is 5.41. The average molecular weight is 237 g/mol. The third kappa shape index (κ3) is 2.70. The fourth-order valence-electron chi connectivity index (χ4n) is 2.61. The van der Waals surface area contributed by atoms with E-state index >= 15 is 0 Å². The van der Waals surface area contributed by atoms with Crippen molar-refractivity contribution >= 4 is 0 Å². The summed E-state index contributed by atoms with van der Waals surface area (Å²) >= 11 is 0. The van der Waals surface area contributed by atoms with Crippen molar-refractivity contribution in [2.75, 3.05) is 26.7 Å². The third-order valence-electron chi connectivity index (χ3n) is 3.81. The van der Waals surface area contributed by atoms with E-state index in [1.165, 1.54) is 0 Å². The second kappa shape index (κ2) is 4.80. The summed E-state index contributed by atoms with van der Waals surface area (Å²) in [7, 11) is 2.17. The molecule has 17 heavy (non-hydrogen) atoms. The normalized spacial score (nSPS) is 26.2.